The Hall–Kier alpha value is -2.41. The Morgan fingerprint density at radius 1 is 1.07 bits per heavy atom. The van der Waals surface area contributed by atoms with Gasteiger partial charge in [-0.25, -0.2) is 0 Å². The predicted molar refractivity (Wildman–Crippen MR) is 112 cm³/mol. The summed E-state index contributed by atoms with van der Waals surface area (Å²) in [6.07, 6.45) is 1.79. The molecule has 0 bridgehead atoms. The third-order valence-electron chi connectivity index (χ3n) is 4.31. The van der Waals surface area contributed by atoms with E-state index in [4.69, 9.17) is 14.2 Å². The molecular formula is C20H29N3O3S. The lowest BCUT2D eigenvalue weighted by Gasteiger charge is -2.22. The number of guanidine groups is 1. The molecular weight excluding hydrogens is 362 g/mol. The molecule has 1 heterocycles. The number of nitrogens with zero attached hydrogens (tertiary/aromatic N) is 2. The van der Waals surface area contributed by atoms with E-state index in [-0.39, 0.29) is 0 Å². The van der Waals surface area contributed by atoms with Crippen molar-refractivity contribution in [3.63, 3.8) is 0 Å². The summed E-state index contributed by atoms with van der Waals surface area (Å²) < 4.78 is 16.3. The number of thiophene rings is 1. The minimum absolute atomic E-state index is 0.620. The maximum Gasteiger partial charge on any atom is 0.203 e. The van der Waals surface area contributed by atoms with Crippen molar-refractivity contribution in [2.24, 2.45) is 4.99 Å². The maximum absolute atomic E-state index is 5.55. The molecule has 7 heteroatoms. The molecule has 6 nitrogen and oxygen atoms in total. The smallest absolute Gasteiger partial charge is 0.203 e. The number of hydrogen-bond acceptors (Lipinski definition) is 5. The van der Waals surface area contributed by atoms with Crippen molar-refractivity contribution in [3.8, 4) is 17.2 Å². The second-order valence-electron chi connectivity index (χ2n) is 5.97. The minimum atomic E-state index is 0.620. The highest BCUT2D eigenvalue weighted by atomic mass is 32.1. The number of likely N-dealkylation sites (N-methyl/N-ethyl adjacent to an activating group) is 1. The molecule has 0 amide bonds. The van der Waals surface area contributed by atoms with E-state index in [2.05, 4.69) is 39.8 Å². The van der Waals surface area contributed by atoms with Gasteiger partial charge in [0.05, 0.1) is 21.3 Å². The quantitative estimate of drug-likeness (QED) is 0.526. The van der Waals surface area contributed by atoms with Crippen LogP contribution in [0.1, 0.15) is 10.4 Å². The van der Waals surface area contributed by atoms with Gasteiger partial charge in [0.1, 0.15) is 0 Å². The molecule has 0 saturated heterocycles. The lowest BCUT2D eigenvalue weighted by Crippen LogP contribution is -2.40. The molecule has 1 aromatic heterocycles. The number of rotatable bonds is 9. The van der Waals surface area contributed by atoms with Gasteiger partial charge in [-0.1, -0.05) is 12.1 Å². The average molecular weight is 392 g/mol. The fourth-order valence-corrected chi connectivity index (χ4v) is 3.59. The van der Waals surface area contributed by atoms with E-state index in [1.54, 1.807) is 39.7 Å². The van der Waals surface area contributed by atoms with Gasteiger partial charge in [0.2, 0.25) is 5.75 Å². The molecule has 1 aromatic carbocycles. The topological polar surface area (TPSA) is 55.3 Å². The van der Waals surface area contributed by atoms with Crippen molar-refractivity contribution in [2.45, 2.75) is 12.8 Å². The van der Waals surface area contributed by atoms with Gasteiger partial charge in [-0.2, -0.15) is 0 Å². The summed E-state index contributed by atoms with van der Waals surface area (Å²) in [5.41, 5.74) is 1.05. The lowest BCUT2D eigenvalue weighted by molar-refractivity contribution is 0.322. The Kier molecular flexibility index (Phi) is 8.26. The molecule has 0 saturated carbocycles. The third-order valence-corrected chi connectivity index (χ3v) is 5.25. The van der Waals surface area contributed by atoms with E-state index in [0.29, 0.717) is 17.2 Å². The second-order valence-corrected chi connectivity index (χ2v) is 7.00. The summed E-state index contributed by atoms with van der Waals surface area (Å²) in [4.78, 5) is 7.91. The van der Waals surface area contributed by atoms with Crippen LogP contribution in [0, 0.1) is 0 Å². The van der Waals surface area contributed by atoms with E-state index < -0.39 is 0 Å². The van der Waals surface area contributed by atoms with E-state index >= 15 is 0 Å². The maximum atomic E-state index is 5.55. The van der Waals surface area contributed by atoms with Crippen molar-refractivity contribution in [3.05, 3.63) is 40.1 Å². The van der Waals surface area contributed by atoms with E-state index in [1.807, 2.05) is 12.1 Å². The number of benzene rings is 1. The molecule has 27 heavy (non-hydrogen) atoms. The van der Waals surface area contributed by atoms with Crippen molar-refractivity contribution < 1.29 is 14.2 Å². The van der Waals surface area contributed by atoms with Crippen LogP contribution in [0.4, 0.5) is 0 Å². The highest BCUT2D eigenvalue weighted by Gasteiger charge is 2.15. The minimum Gasteiger partial charge on any atom is -0.493 e. The van der Waals surface area contributed by atoms with Crippen LogP contribution in [0.5, 0.6) is 17.2 Å². The van der Waals surface area contributed by atoms with Crippen LogP contribution >= 0.6 is 11.3 Å². The van der Waals surface area contributed by atoms with E-state index in [9.17, 15) is 0 Å². The van der Waals surface area contributed by atoms with E-state index in [0.717, 1.165) is 37.5 Å². The molecule has 0 aliphatic heterocycles. The van der Waals surface area contributed by atoms with Gasteiger partial charge in [0.15, 0.2) is 17.5 Å². The molecule has 0 spiro atoms. The molecule has 0 aliphatic carbocycles. The van der Waals surface area contributed by atoms with Gasteiger partial charge in [-0.3, -0.25) is 4.99 Å². The zero-order chi connectivity index (χ0) is 19.6. The largest absolute Gasteiger partial charge is 0.493 e. The van der Waals surface area contributed by atoms with Gasteiger partial charge in [-0.15, -0.1) is 11.3 Å². The van der Waals surface area contributed by atoms with Crippen LogP contribution in [-0.2, 0) is 12.8 Å². The molecule has 0 atom stereocenters. The Labute approximate surface area is 165 Å². The monoisotopic (exact) mass is 391 g/mol. The van der Waals surface area contributed by atoms with Gasteiger partial charge in [-0.05, 0) is 30.4 Å². The summed E-state index contributed by atoms with van der Waals surface area (Å²) in [6.45, 7) is 1.65. The summed E-state index contributed by atoms with van der Waals surface area (Å²) in [5.74, 6) is 2.87. The number of methoxy groups -OCH3 is 3. The molecule has 0 radical (unpaired) electrons. The Bertz CT molecular complexity index is 732. The molecule has 2 rings (SSSR count). The number of aliphatic imine (C=N–C) groups is 1. The zero-order valence-corrected chi connectivity index (χ0v) is 17.6. The fourth-order valence-electron chi connectivity index (χ4n) is 2.89. The number of nitrogens with one attached hydrogen (secondary N) is 1. The van der Waals surface area contributed by atoms with E-state index in [1.165, 1.54) is 4.88 Å². The Morgan fingerprint density at radius 3 is 2.44 bits per heavy atom. The Morgan fingerprint density at radius 2 is 1.85 bits per heavy atom. The summed E-state index contributed by atoms with van der Waals surface area (Å²) in [6, 6.07) is 8.16. The third kappa shape index (κ3) is 5.53. The predicted octanol–water partition coefficient (Wildman–Crippen LogP) is 3.07. The summed E-state index contributed by atoms with van der Waals surface area (Å²) in [7, 11) is 8.74. The molecule has 1 N–H and O–H groups in total. The van der Waals surface area contributed by atoms with Gasteiger partial charge >= 0.3 is 0 Å². The van der Waals surface area contributed by atoms with Crippen LogP contribution in [0.2, 0.25) is 0 Å². The van der Waals surface area contributed by atoms with Gasteiger partial charge < -0.3 is 24.4 Å². The van der Waals surface area contributed by atoms with Crippen molar-refractivity contribution in [1.29, 1.82) is 0 Å². The highest BCUT2D eigenvalue weighted by Crippen LogP contribution is 2.39. The first-order valence-electron chi connectivity index (χ1n) is 8.86. The molecule has 0 unspecified atom stereocenters. The van der Waals surface area contributed by atoms with Crippen LogP contribution in [-0.4, -0.2) is 59.4 Å². The van der Waals surface area contributed by atoms with Crippen molar-refractivity contribution in [1.82, 2.24) is 10.2 Å². The first kappa shape index (κ1) is 20.9. The van der Waals surface area contributed by atoms with Crippen LogP contribution in [0.3, 0.4) is 0 Å². The average Bonchev–Trinajstić information content (AvgIpc) is 3.22. The molecule has 148 valence electrons. The van der Waals surface area contributed by atoms with Gasteiger partial charge in [0, 0.05) is 37.6 Å². The fraction of sp³-hybridized carbons (Fsp3) is 0.450. The van der Waals surface area contributed by atoms with Crippen LogP contribution in [0.15, 0.2) is 34.6 Å². The number of ether oxygens (including phenoxy) is 3. The second kappa shape index (κ2) is 10.7. The first-order valence-corrected chi connectivity index (χ1v) is 9.74. The highest BCUT2D eigenvalue weighted by molar-refractivity contribution is 7.09. The normalized spacial score (nSPS) is 11.2. The van der Waals surface area contributed by atoms with Crippen LogP contribution in [0.25, 0.3) is 0 Å². The summed E-state index contributed by atoms with van der Waals surface area (Å²) >= 11 is 1.79. The van der Waals surface area contributed by atoms with Crippen molar-refractivity contribution >= 4 is 17.3 Å². The van der Waals surface area contributed by atoms with Crippen molar-refractivity contribution in [2.75, 3.05) is 48.5 Å². The van der Waals surface area contributed by atoms with Crippen LogP contribution < -0.4 is 19.5 Å². The number of hydrogen-bond donors (Lipinski definition) is 1. The SMILES string of the molecule is CN=C(NCCc1ccc(OC)c(OC)c1OC)N(C)CCc1cccs1. The molecule has 0 aliphatic rings. The Balaban J connectivity index is 1.93. The summed E-state index contributed by atoms with van der Waals surface area (Å²) in [5, 5.41) is 5.53. The zero-order valence-electron chi connectivity index (χ0n) is 16.7. The lowest BCUT2D eigenvalue weighted by atomic mass is 10.1. The first-order chi connectivity index (χ1) is 13.1. The molecule has 0 fully saturated rings. The molecule has 2 aromatic rings. The van der Waals surface area contributed by atoms with Gasteiger partial charge in [0.25, 0.3) is 0 Å². The standard InChI is InChI=1S/C20H29N3O3S/c1-21-20(23(2)13-11-16-7-6-14-27-16)22-12-10-15-8-9-17(24-3)19(26-5)18(15)25-4/h6-9,14H,10-13H2,1-5H3,(H,21,22).